The molecule has 0 amide bonds. The average molecular weight is 601 g/mol. The molecule has 0 saturated carbocycles. The number of carbonyl (C=O) groups is 2. The zero-order valence-corrected chi connectivity index (χ0v) is 27.5. The Morgan fingerprint density at radius 2 is 0.829 bits per heavy atom. The minimum atomic E-state index is -4.70. The summed E-state index contributed by atoms with van der Waals surface area (Å²) in [7, 11) is -4.70. The lowest BCUT2D eigenvalue weighted by Gasteiger charge is -2.04. The monoisotopic (exact) mass is 600 g/mol. The van der Waals surface area contributed by atoms with Gasteiger partial charge in [-0.25, -0.2) is 4.57 Å². The molecule has 41 heavy (non-hydrogen) atoms. The molecule has 0 radical (unpaired) electrons. The summed E-state index contributed by atoms with van der Waals surface area (Å²) < 4.78 is 14.6. The fourth-order valence-corrected chi connectivity index (χ4v) is 5.59. The van der Waals surface area contributed by atoms with Gasteiger partial charge in [-0.1, -0.05) is 141 Å². The molecule has 0 unspecified atom stereocenters. The normalized spacial score (nSPS) is 11.9. The van der Waals surface area contributed by atoms with Crippen LogP contribution in [0, 0.1) is 0 Å². The van der Waals surface area contributed by atoms with E-state index < -0.39 is 13.8 Å². The molecule has 0 aliphatic rings. The summed E-state index contributed by atoms with van der Waals surface area (Å²) in [4.78, 5) is 40.4. The standard InChI is InChI=1S/C34H65O6P/c1-2-3-4-5-6-7-8-12-15-18-21-24-27-30-33(35)31-28-25-22-19-16-13-10-9-11-14-17-20-23-26-29-32-34(36)40-41(37,38)39/h9,11H,2-8,10,12-32H2,1H3,(H2,37,38,39)/b11-9-. The van der Waals surface area contributed by atoms with Crippen molar-refractivity contribution in [3.63, 3.8) is 0 Å². The van der Waals surface area contributed by atoms with Crippen LogP contribution in [-0.2, 0) is 18.7 Å². The molecule has 0 aromatic carbocycles. The highest BCUT2D eigenvalue weighted by Gasteiger charge is 2.19. The highest BCUT2D eigenvalue weighted by Crippen LogP contribution is 2.36. The van der Waals surface area contributed by atoms with E-state index in [1.807, 2.05) is 0 Å². The Morgan fingerprint density at radius 1 is 0.512 bits per heavy atom. The molecule has 0 aliphatic carbocycles. The first-order chi connectivity index (χ1) is 19.8. The number of hydrogen-bond acceptors (Lipinski definition) is 4. The van der Waals surface area contributed by atoms with Crippen LogP contribution in [0.25, 0.3) is 0 Å². The maximum atomic E-state index is 12.1. The molecule has 0 aromatic rings. The zero-order chi connectivity index (χ0) is 30.3. The Labute approximate surface area is 253 Å². The number of Topliss-reactive ketones (excluding diaryl/α,β-unsaturated/α-hetero) is 1. The molecule has 2 N–H and O–H groups in total. The highest BCUT2D eigenvalue weighted by molar-refractivity contribution is 7.46. The van der Waals surface area contributed by atoms with E-state index in [4.69, 9.17) is 9.79 Å². The second kappa shape index (κ2) is 30.5. The molecule has 7 heteroatoms. The predicted octanol–water partition coefficient (Wildman–Crippen LogP) is 11.1. The van der Waals surface area contributed by atoms with Crippen LogP contribution in [0.5, 0.6) is 0 Å². The first-order valence-electron chi connectivity index (χ1n) is 17.3. The number of hydrogen-bond donors (Lipinski definition) is 2. The third-order valence-electron chi connectivity index (χ3n) is 7.77. The van der Waals surface area contributed by atoms with Crippen molar-refractivity contribution < 1.29 is 28.5 Å². The van der Waals surface area contributed by atoms with Gasteiger partial charge in [0.2, 0.25) is 0 Å². The summed E-state index contributed by atoms with van der Waals surface area (Å²) in [6.07, 6.45) is 37.9. The summed E-state index contributed by atoms with van der Waals surface area (Å²) in [5.41, 5.74) is 0. The minimum absolute atomic E-state index is 0.0582. The number of phosphoric acid groups is 1. The first-order valence-corrected chi connectivity index (χ1v) is 18.8. The number of allylic oxidation sites excluding steroid dienone is 2. The van der Waals surface area contributed by atoms with Crippen LogP contribution >= 0.6 is 7.82 Å². The third kappa shape index (κ3) is 35.1. The molecule has 0 saturated heterocycles. The van der Waals surface area contributed by atoms with Crippen molar-refractivity contribution in [1.82, 2.24) is 0 Å². The van der Waals surface area contributed by atoms with E-state index in [1.54, 1.807) is 0 Å². The highest BCUT2D eigenvalue weighted by atomic mass is 31.2. The van der Waals surface area contributed by atoms with E-state index in [0.29, 0.717) is 12.2 Å². The fraction of sp³-hybridized carbons (Fsp3) is 0.882. The lowest BCUT2D eigenvalue weighted by Crippen LogP contribution is -2.01. The number of rotatable bonds is 32. The molecule has 0 aromatic heterocycles. The molecule has 0 rings (SSSR count). The van der Waals surface area contributed by atoms with E-state index in [1.165, 1.54) is 109 Å². The van der Waals surface area contributed by atoms with Crippen LogP contribution < -0.4 is 0 Å². The zero-order valence-electron chi connectivity index (χ0n) is 26.6. The summed E-state index contributed by atoms with van der Waals surface area (Å²) in [6, 6.07) is 0. The maximum Gasteiger partial charge on any atom is 0.526 e. The van der Waals surface area contributed by atoms with Crippen molar-refractivity contribution in [1.29, 1.82) is 0 Å². The van der Waals surface area contributed by atoms with Gasteiger partial charge in [-0.3, -0.25) is 19.4 Å². The number of carbonyl (C=O) groups excluding carboxylic acids is 2. The molecule has 0 fully saturated rings. The Hall–Kier alpha value is -0.970. The Morgan fingerprint density at radius 3 is 1.20 bits per heavy atom. The molecule has 242 valence electrons. The van der Waals surface area contributed by atoms with Gasteiger partial charge in [0.1, 0.15) is 5.78 Å². The Bertz CT molecular complexity index is 672. The van der Waals surface area contributed by atoms with Crippen molar-refractivity contribution in [3.05, 3.63) is 12.2 Å². The van der Waals surface area contributed by atoms with Crippen molar-refractivity contribution >= 4 is 19.6 Å². The van der Waals surface area contributed by atoms with Crippen molar-refractivity contribution in [3.8, 4) is 0 Å². The SMILES string of the molecule is CCCCCCCCCCCCCCCC(=O)CCCCCCCC/C=C\CCCCCCCC(=O)OP(=O)(O)O. The van der Waals surface area contributed by atoms with Crippen LogP contribution in [0.2, 0.25) is 0 Å². The predicted molar refractivity (Wildman–Crippen MR) is 172 cm³/mol. The molecule has 0 bridgehead atoms. The van der Waals surface area contributed by atoms with Gasteiger partial charge in [-0.2, -0.15) is 0 Å². The van der Waals surface area contributed by atoms with E-state index in [-0.39, 0.29) is 6.42 Å². The maximum absolute atomic E-state index is 12.1. The summed E-state index contributed by atoms with van der Waals surface area (Å²) >= 11 is 0. The second-order valence-electron chi connectivity index (χ2n) is 11.9. The van der Waals surface area contributed by atoms with E-state index >= 15 is 0 Å². The number of unbranched alkanes of at least 4 members (excludes halogenated alkanes) is 23. The first kappa shape index (κ1) is 40.0. The van der Waals surface area contributed by atoms with Gasteiger partial charge in [0.15, 0.2) is 0 Å². The topological polar surface area (TPSA) is 101 Å². The quantitative estimate of drug-likeness (QED) is 0.0452. The van der Waals surface area contributed by atoms with Crippen molar-refractivity contribution in [2.24, 2.45) is 0 Å². The van der Waals surface area contributed by atoms with Crippen LogP contribution in [0.15, 0.2) is 12.2 Å². The van der Waals surface area contributed by atoms with Crippen molar-refractivity contribution in [2.45, 2.75) is 193 Å². The van der Waals surface area contributed by atoms with Gasteiger partial charge < -0.3 is 4.52 Å². The average Bonchev–Trinajstić information content (AvgIpc) is 2.92. The molecular weight excluding hydrogens is 535 g/mol. The van der Waals surface area contributed by atoms with Crippen LogP contribution in [0.3, 0.4) is 0 Å². The minimum Gasteiger partial charge on any atom is -0.371 e. The van der Waals surface area contributed by atoms with E-state index in [0.717, 1.165) is 64.2 Å². The molecule has 6 nitrogen and oxygen atoms in total. The largest absolute Gasteiger partial charge is 0.526 e. The lowest BCUT2D eigenvalue weighted by atomic mass is 10.0. The number of phosphoric ester groups is 1. The Balaban J connectivity index is 3.27. The van der Waals surface area contributed by atoms with E-state index in [2.05, 4.69) is 23.6 Å². The van der Waals surface area contributed by atoms with Crippen LogP contribution in [-0.4, -0.2) is 21.5 Å². The third-order valence-corrected chi connectivity index (χ3v) is 8.22. The van der Waals surface area contributed by atoms with Gasteiger partial charge in [0.25, 0.3) is 0 Å². The van der Waals surface area contributed by atoms with Crippen LogP contribution in [0.1, 0.15) is 193 Å². The summed E-state index contributed by atoms with van der Waals surface area (Å²) in [5, 5.41) is 0. The van der Waals surface area contributed by atoms with Gasteiger partial charge in [-0.05, 0) is 44.9 Å². The van der Waals surface area contributed by atoms with E-state index in [9.17, 15) is 14.2 Å². The van der Waals surface area contributed by atoms with Gasteiger partial charge >= 0.3 is 13.8 Å². The molecule has 0 atom stereocenters. The smallest absolute Gasteiger partial charge is 0.371 e. The molecule has 0 spiro atoms. The second-order valence-corrected chi connectivity index (χ2v) is 13.1. The van der Waals surface area contributed by atoms with Gasteiger partial charge in [0, 0.05) is 19.3 Å². The lowest BCUT2D eigenvalue weighted by molar-refractivity contribution is -0.135. The summed E-state index contributed by atoms with van der Waals surface area (Å²) in [6.45, 7) is 2.27. The van der Waals surface area contributed by atoms with Gasteiger partial charge in [0.05, 0.1) is 0 Å². The van der Waals surface area contributed by atoms with Crippen LogP contribution in [0.4, 0.5) is 0 Å². The fourth-order valence-electron chi connectivity index (χ4n) is 5.23. The summed E-state index contributed by atoms with van der Waals surface area (Å²) in [5.74, 6) is -0.354. The number of ketones is 1. The van der Waals surface area contributed by atoms with Crippen molar-refractivity contribution in [2.75, 3.05) is 0 Å². The molecule has 0 heterocycles. The van der Waals surface area contributed by atoms with Gasteiger partial charge in [-0.15, -0.1) is 0 Å². The molecular formula is C34H65O6P. The molecule has 0 aliphatic heterocycles. The Kier molecular flexibility index (Phi) is 29.8.